The minimum absolute atomic E-state index is 0.0731. The maximum atomic E-state index is 12.7. The smallest absolute Gasteiger partial charge is 0.314 e. The molecule has 2 aromatic heterocycles. The van der Waals surface area contributed by atoms with Crippen LogP contribution in [-0.4, -0.2) is 42.6 Å². The number of nitrogens with one attached hydrogen (secondary N) is 2. The second-order valence-corrected chi connectivity index (χ2v) is 7.05. The molecule has 0 spiro atoms. The normalized spacial score (nSPS) is 18.5. The number of H-pyrrole nitrogens is 1. The van der Waals surface area contributed by atoms with E-state index in [1.807, 2.05) is 0 Å². The van der Waals surface area contributed by atoms with Crippen LogP contribution in [-0.2, 0) is 5.41 Å². The molecule has 2 N–H and O–H groups in total. The standard InChI is InChI=1S/C16H23N7O/c1-16(2,3)14-17-8-11(9-18-14)21-15(24)23-7-5-4-6-12(23)13-19-10-20-22-13/h8-10,12H,4-7H2,1-3H3,(H,21,24)(H,19,20,22). The monoisotopic (exact) mass is 329 g/mol. The van der Waals surface area contributed by atoms with Crippen LogP contribution >= 0.6 is 0 Å². The zero-order valence-corrected chi connectivity index (χ0v) is 14.3. The second-order valence-electron chi connectivity index (χ2n) is 7.05. The fraction of sp³-hybridized carbons (Fsp3) is 0.562. The highest BCUT2D eigenvalue weighted by molar-refractivity contribution is 5.89. The molecule has 1 fully saturated rings. The van der Waals surface area contributed by atoms with E-state index in [-0.39, 0.29) is 17.5 Å². The first kappa shape index (κ1) is 16.4. The molecule has 128 valence electrons. The molecule has 1 aliphatic heterocycles. The highest BCUT2D eigenvalue weighted by Gasteiger charge is 2.30. The summed E-state index contributed by atoms with van der Waals surface area (Å²) in [5.41, 5.74) is 0.474. The first-order valence-corrected chi connectivity index (χ1v) is 8.20. The molecule has 8 nitrogen and oxygen atoms in total. The van der Waals surface area contributed by atoms with Crippen LogP contribution < -0.4 is 5.32 Å². The quantitative estimate of drug-likeness (QED) is 0.882. The van der Waals surface area contributed by atoms with Gasteiger partial charge >= 0.3 is 6.03 Å². The van der Waals surface area contributed by atoms with Crippen LogP contribution in [0.3, 0.4) is 0 Å². The molecular formula is C16H23N7O. The van der Waals surface area contributed by atoms with Gasteiger partial charge in [-0.3, -0.25) is 5.10 Å². The number of urea groups is 1. The molecule has 1 unspecified atom stereocenters. The number of carbonyl (C=O) groups is 1. The van der Waals surface area contributed by atoms with E-state index >= 15 is 0 Å². The summed E-state index contributed by atoms with van der Waals surface area (Å²) in [5, 5.41) is 9.65. The average Bonchev–Trinajstić information content (AvgIpc) is 3.09. The zero-order valence-electron chi connectivity index (χ0n) is 14.3. The number of aromatic nitrogens is 5. The third kappa shape index (κ3) is 3.52. The summed E-state index contributed by atoms with van der Waals surface area (Å²) in [6.07, 6.45) is 7.70. The molecule has 2 aromatic rings. The minimum atomic E-state index is -0.164. The molecular weight excluding hydrogens is 306 g/mol. The Labute approximate surface area is 141 Å². The van der Waals surface area contributed by atoms with Gasteiger partial charge in [-0.1, -0.05) is 20.8 Å². The van der Waals surface area contributed by atoms with Crippen molar-refractivity contribution in [3.05, 3.63) is 30.4 Å². The fourth-order valence-electron chi connectivity index (χ4n) is 2.81. The van der Waals surface area contributed by atoms with E-state index in [0.717, 1.165) is 30.9 Å². The predicted molar refractivity (Wildman–Crippen MR) is 89.4 cm³/mol. The van der Waals surface area contributed by atoms with Gasteiger partial charge in [0, 0.05) is 12.0 Å². The Morgan fingerprint density at radius 3 is 2.62 bits per heavy atom. The van der Waals surface area contributed by atoms with E-state index in [9.17, 15) is 4.79 Å². The maximum absolute atomic E-state index is 12.7. The molecule has 1 aliphatic rings. The van der Waals surface area contributed by atoms with E-state index in [0.29, 0.717) is 12.2 Å². The average molecular weight is 329 g/mol. The lowest BCUT2D eigenvalue weighted by Crippen LogP contribution is -2.41. The van der Waals surface area contributed by atoms with Gasteiger partial charge in [-0.15, -0.1) is 0 Å². The highest BCUT2D eigenvalue weighted by Crippen LogP contribution is 2.29. The van der Waals surface area contributed by atoms with Gasteiger partial charge in [0.05, 0.1) is 24.1 Å². The molecule has 1 atom stereocenters. The summed E-state index contributed by atoms with van der Waals surface area (Å²) in [6.45, 7) is 6.85. The number of hydrogen-bond acceptors (Lipinski definition) is 5. The summed E-state index contributed by atoms with van der Waals surface area (Å²) in [4.78, 5) is 27.3. The lowest BCUT2D eigenvalue weighted by atomic mass is 9.96. The largest absolute Gasteiger partial charge is 0.322 e. The van der Waals surface area contributed by atoms with Gasteiger partial charge in [0.25, 0.3) is 0 Å². The number of anilines is 1. The van der Waals surface area contributed by atoms with Crippen LogP contribution in [0.4, 0.5) is 10.5 Å². The predicted octanol–water partition coefficient (Wildman–Crippen LogP) is 2.65. The van der Waals surface area contributed by atoms with Gasteiger partial charge in [0.2, 0.25) is 0 Å². The Hall–Kier alpha value is -2.51. The lowest BCUT2D eigenvalue weighted by Gasteiger charge is -2.34. The third-order valence-electron chi connectivity index (χ3n) is 4.09. The molecule has 3 rings (SSSR count). The third-order valence-corrected chi connectivity index (χ3v) is 4.09. The van der Waals surface area contributed by atoms with E-state index in [4.69, 9.17) is 0 Å². The Morgan fingerprint density at radius 1 is 1.25 bits per heavy atom. The van der Waals surface area contributed by atoms with Gasteiger partial charge in [0.15, 0.2) is 0 Å². The van der Waals surface area contributed by atoms with Crippen LogP contribution in [0.1, 0.15) is 57.7 Å². The van der Waals surface area contributed by atoms with Crippen molar-refractivity contribution in [2.24, 2.45) is 0 Å². The van der Waals surface area contributed by atoms with Crippen molar-refractivity contribution in [2.45, 2.75) is 51.5 Å². The van der Waals surface area contributed by atoms with Gasteiger partial charge < -0.3 is 10.2 Å². The SMILES string of the molecule is CC(C)(C)c1ncc(NC(=O)N2CCCCC2c2ncn[nH]2)cn1. The number of carbonyl (C=O) groups excluding carboxylic acids is 1. The van der Waals surface area contributed by atoms with Crippen molar-refractivity contribution in [2.75, 3.05) is 11.9 Å². The molecule has 2 amide bonds. The van der Waals surface area contributed by atoms with Crippen LogP contribution in [0.5, 0.6) is 0 Å². The van der Waals surface area contributed by atoms with Crippen molar-refractivity contribution in [3.8, 4) is 0 Å². The molecule has 0 aliphatic carbocycles. The number of hydrogen-bond donors (Lipinski definition) is 2. The molecule has 0 aromatic carbocycles. The van der Waals surface area contributed by atoms with Crippen LogP contribution in [0.25, 0.3) is 0 Å². The number of piperidine rings is 1. The highest BCUT2D eigenvalue weighted by atomic mass is 16.2. The van der Waals surface area contributed by atoms with Crippen molar-refractivity contribution in [1.29, 1.82) is 0 Å². The minimum Gasteiger partial charge on any atom is -0.314 e. The van der Waals surface area contributed by atoms with E-state index in [1.165, 1.54) is 6.33 Å². The van der Waals surface area contributed by atoms with Gasteiger partial charge in [0.1, 0.15) is 18.0 Å². The molecule has 0 radical (unpaired) electrons. The summed E-state index contributed by atoms with van der Waals surface area (Å²) >= 11 is 0. The van der Waals surface area contributed by atoms with E-state index in [2.05, 4.69) is 51.2 Å². The number of rotatable bonds is 2. The summed E-state index contributed by atoms with van der Waals surface area (Å²) in [7, 11) is 0. The second kappa shape index (κ2) is 6.54. The Morgan fingerprint density at radius 2 is 2.00 bits per heavy atom. The van der Waals surface area contributed by atoms with Crippen LogP contribution in [0.2, 0.25) is 0 Å². The molecule has 0 bridgehead atoms. The van der Waals surface area contributed by atoms with Crippen LogP contribution in [0.15, 0.2) is 18.7 Å². The summed E-state index contributed by atoms with van der Waals surface area (Å²) in [5.74, 6) is 1.47. The fourth-order valence-corrected chi connectivity index (χ4v) is 2.81. The molecule has 3 heterocycles. The first-order valence-electron chi connectivity index (χ1n) is 8.20. The van der Waals surface area contributed by atoms with E-state index < -0.39 is 0 Å². The Bertz CT molecular complexity index is 675. The number of likely N-dealkylation sites (tertiary alicyclic amines) is 1. The number of aromatic amines is 1. The summed E-state index contributed by atoms with van der Waals surface area (Å²) < 4.78 is 0. The topological polar surface area (TPSA) is 99.7 Å². The number of amides is 2. The van der Waals surface area contributed by atoms with Gasteiger partial charge in [-0.2, -0.15) is 5.10 Å². The van der Waals surface area contributed by atoms with Crippen molar-refractivity contribution < 1.29 is 4.79 Å². The van der Waals surface area contributed by atoms with Crippen molar-refractivity contribution in [3.63, 3.8) is 0 Å². The zero-order chi connectivity index (χ0) is 17.2. The van der Waals surface area contributed by atoms with Gasteiger partial charge in [-0.25, -0.2) is 19.7 Å². The van der Waals surface area contributed by atoms with E-state index in [1.54, 1.807) is 17.3 Å². The number of nitrogens with zero attached hydrogens (tertiary/aromatic N) is 5. The molecule has 1 saturated heterocycles. The van der Waals surface area contributed by atoms with Crippen LogP contribution in [0, 0.1) is 0 Å². The molecule has 24 heavy (non-hydrogen) atoms. The summed E-state index contributed by atoms with van der Waals surface area (Å²) in [6, 6.07) is -0.237. The first-order chi connectivity index (χ1) is 11.4. The van der Waals surface area contributed by atoms with Crippen molar-refractivity contribution >= 4 is 11.7 Å². The lowest BCUT2D eigenvalue weighted by molar-refractivity contribution is 0.159. The Kier molecular flexibility index (Phi) is 4.46. The molecule has 8 heteroatoms. The molecule has 0 saturated carbocycles. The maximum Gasteiger partial charge on any atom is 0.322 e. The van der Waals surface area contributed by atoms with Crippen molar-refractivity contribution in [1.82, 2.24) is 30.0 Å². The Balaban J connectivity index is 1.71. The van der Waals surface area contributed by atoms with Gasteiger partial charge in [-0.05, 0) is 19.3 Å².